The molecule has 0 amide bonds. The lowest BCUT2D eigenvalue weighted by Gasteiger charge is -2.29. The molecule has 0 N–H and O–H groups in total. The van der Waals surface area contributed by atoms with Crippen LogP contribution in [0.5, 0.6) is 0 Å². The predicted octanol–water partition coefficient (Wildman–Crippen LogP) is 4.62. The second-order valence-corrected chi connectivity index (χ2v) is 5.92. The van der Waals surface area contributed by atoms with E-state index in [-0.39, 0.29) is 0 Å². The Hall–Kier alpha value is -0.930. The number of aromatic nitrogens is 1. The fraction of sp³-hybridized carbons (Fsp3) is 0.471. The SMILES string of the molecule is CCC(CC)N(CCBr)Cc1ccc2ccccc2n1. The molecule has 3 heteroatoms. The highest BCUT2D eigenvalue weighted by Gasteiger charge is 2.15. The summed E-state index contributed by atoms with van der Waals surface area (Å²) in [5.41, 5.74) is 2.25. The number of hydrogen-bond acceptors (Lipinski definition) is 2. The van der Waals surface area contributed by atoms with Crippen molar-refractivity contribution in [3.8, 4) is 0 Å². The summed E-state index contributed by atoms with van der Waals surface area (Å²) in [5, 5.41) is 2.22. The van der Waals surface area contributed by atoms with Crippen molar-refractivity contribution >= 4 is 26.8 Å². The molecule has 0 fully saturated rings. The Morgan fingerprint density at radius 2 is 1.85 bits per heavy atom. The topological polar surface area (TPSA) is 16.1 Å². The minimum absolute atomic E-state index is 0.640. The maximum absolute atomic E-state index is 4.79. The molecule has 0 saturated heterocycles. The van der Waals surface area contributed by atoms with E-state index in [2.05, 4.69) is 71.1 Å². The highest BCUT2D eigenvalue weighted by atomic mass is 79.9. The zero-order valence-electron chi connectivity index (χ0n) is 12.3. The monoisotopic (exact) mass is 334 g/mol. The molecular weight excluding hydrogens is 312 g/mol. The van der Waals surface area contributed by atoms with Crippen molar-refractivity contribution < 1.29 is 0 Å². The zero-order valence-corrected chi connectivity index (χ0v) is 13.9. The first kappa shape index (κ1) is 15.5. The second-order valence-electron chi connectivity index (χ2n) is 5.13. The van der Waals surface area contributed by atoms with Gasteiger partial charge < -0.3 is 0 Å². The molecule has 1 heterocycles. The van der Waals surface area contributed by atoms with E-state index in [0.717, 1.165) is 29.6 Å². The molecule has 2 rings (SSSR count). The van der Waals surface area contributed by atoms with E-state index < -0.39 is 0 Å². The molecule has 108 valence electrons. The molecule has 0 unspecified atom stereocenters. The summed E-state index contributed by atoms with van der Waals surface area (Å²) in [6.45, 7) is 6.54. The van der Waals surface area contributed by atoms with Gasteiger partial charge in [0.2, 0.25) is 0 Å². The van der Waals surface area contributed by atoms with Crippen molar-refractivity contribution in [3.63, 3.8) is 0 Å². The lowest BCUT2D eigenvalue weighted by molar-refractivity contribution is 0.187. The molecule has 0 aliphatic carbocycles. The zero-order chi connectivity index (χ0) is 14.4. The standard InChI is InChI=1S/C17H23BrN2/c1-3-16(4-2)20(12-11-18)13-15-10-9-14-7-5-6-8-17(14)19-15/h5-10,16H,3-4,11-13H2,1-2H3. The van der Waals surface area contributed by atoms with E-state index in [1.807, 2.05) is 0 Å². The van der Waals surface area contributed by atoms with Crippen LogP contribution in [0.1, 0.15) is 32.4 Å². The minimum atomic E-state index is 0.640. The summed E-state index contributed by atoms with van der Waals surface area (Å²) >= 11 is 3.57. The number of alkyl halides is 1. The van der Waals surface area contributed by atoms with E-state index in [1.54, 1.807) is 0 Å². The van der Waals surface area contributed by atoms with Gasteiger partial charge in [0.05, 0.1) is 11.2 Å². The van der Waals surface area contributed by atoms with E-state index in [4.69, 9.17) is 4.98 Å². The number of hydrogen-bond donors (Lipinski definition) is 0. The summed E-state index contributed by atoms with van der Waals surface area (Å²) in [4.78, 5) is 7.32. The van der Waals surface area contributed by atoms with Gasteiger partial charge in [-0.25, -0.2) is 0 Å². The van der Waals surface area contributed by atoms with Gasteiger partial charge in [0.15, 0.2) is 0 Å². The molecule has 0 bridgehead atoms. The van der Waals surface area contributed by atoms with Crippen LogP contribution >= 0.6 is 15.9 Å². The van der Waals surface area contributed by atoms with E-state index in [9.17, 15) is 0 Å². The molecule has 2 aromatic rings. The van der Waals surface area contributed by atoms with Crippen LogP contribution in [0.15, 0.2) is 36.4 Å². The molecule has 1 aromatic carbocycles. The van der Waals surface area contributed by atoms with Crippen molar-refractivity contribution in [1.29, 1.82) is 0 Å². The van der Waals surface area contributed by atoms with Gasteiger partial charge in [0, 0.05) is 29.8 Å². The first-order chi connectivity index (χ1) is 9.78. The summed E-state index contributed by atoms with van der Waals surface area (Å²) in [5.74, 6) is 0. The third kappa shape index (κ3) is 3.80. The smallest absolute Gasteiger partial charge is 0.0705 e. The van der Waals surface area contributed by atoms with Crippen LogP contribution in [-0.2, 0) is 6.54 Å². The Morgan fingerprint density at radius 3 is 2.55 bits per heavy atom. The van der Waals surface area contributed by atoms with Crippen LogP contribution in [0.4, 0.5) is 0 Å². The summed E-state index contributed by atoms with van der Waals surface area (Å²) in [6, 6.07) is 13.3. The third-order valence-corrected chi connectivity index (χ3v) is 4.21. The number of pyridine rings is 1. The molecular formula is C17H23BrN2. The fourth-order valence-electron chi connectivity index (χ4n) is 2.71. The Bertz CT molecular complexity index is 537. The average Bonchev–Trinajstić information content (AvgIpc) is 2.48. The highest BCUT2D eigenvalue weighted by molar-refractivity contribution is 9.09. The second kappa shape index (κ2) is 7.75. The quantitative estimate of drug-likeness (QED) is 0.687. The van der Waals surface area contributed by atoms with Crippen molar-refractivity contribution in [2.75, 3.05) is 11.9 Å². The highest BCUT2D eigenvalue weighted by Crippen LogP contribution is 2.16. The van der Waals surface area contributed by atoms with Crippen LogP contribution in [0, 0.1) is 0 Å². The van der Waals surface area contributed by atoms with Crippen LogP contribution in [0.3, 0.4) is 0 Å². The minimum Gasteiger partial charge on any atom is -0.294 e. The molecule has 0 spiro atoms. The Labute approximate surface area is 130 Å². The molecule has 0 radical (unpaired) electrons. The molecule has 0 saturated carbocycles. The molecule has 0 aliphatic rings. The normalized spacial score (nSPS) is 11.7. The summed E-state index contributed by atoms with van der Waals surface area (Å²) in [7, 11) is 0. The van der Waals surface area contributed by atoms with Gasteiger partial charge in [-0.1, -0.05) is 54.0 Å². The van der Waals surface area contributed by atoms with Gasteiger partial charge in [-0.2, -0.15) is 0 Å². The fourth-order valence-corrected chi connectivity index (χ4v) is 3.16. The van der Waals surface area contributed by atoms with E-state index in [0.29, 0.717) is 6.04 Å². The lowest BCUT2D eigenvalue weighted by Crippen LogP contribution is -2.35. The van der Waals surface area contributed by atoms with Gasteiger partial charge >= 0.3 is 0 Å². The van der Waals surface area contributed by atoms with Gasteiger partial charge in [0.1, 0.15) is 0 Å². The van der Waals surface area contributed by atoms with Crippen molar-refractivity contribution in [1.82, 2.24) is 9.88 Å². The first-order valence-electron chi connectivity index (χ1n) is 7.43. The summed E-state index contributed by atoms with van der Waals surface area (Å²) < 4.78 is 0. The van der Waals surface area contributed by atoms with Crippen LogP contribution in [-0.4, -0.2) is 27.8 Å². The molecule has 1 aromatic heterocycles. The van der Waals surface area contributed by atoms with Crippen molar-refractivity contribution in [2.24, 2.45) is 0 Å². The average molecular weight is 335 g/mol. The predicted molar refractivity (Wildman–Crippen MR) is 90.3 cm³/mol. The first-order valence-corrected chi connectivity index (χ1v) is 8.55. The maximum Gasteiger partial charge on any atom is 0.0705 e. The molecule has 2 nitrogen and oxygen atoms in total. The Kier molecular flexibility index (Phi) is 5.99. The number of halogens is 1. The third-order valence-electron chi connectivity index (χ3n) is 3.85. The number of para-hydroxylation sites is 1. The number of rotatable bonds is 7. The Balaban J connectivity index is 2.19. The molecule has 20 heavy (non-hydrogen) atoms. The number of fused-ring (bicyclic) bond motifs is 1. The summed E-state index contributed by atoms with van der Waals surface area (Å²) in [6.07, 6.45) is 2.38. The van der Waals surface area contributed by atoms with Gasteiger partial charge in [0.25, 0.3) is 0 Å². The van der Waals surface area contributed by atoms with Crippen LogP contribution < -0.4 is 0 Å². The molecule has 0 aliphatic heterocycles. The maximum atomic E-state index is 4.79. The lowest BCUT2D eigenvalue weighted by atomic mass is 10.1. The largest absolute Gasteiger partial charge is 0.294 e. The van der Waals surface area contributed by atoms with Gasteiger partial charge in [-0.3, -0.25) is 9.88 Å². The van der Waals surface area contributed by atoms with Crippen molar-refractivity contribution in [3.05, 3.63) is 42.1 Å². The van der Waals surface area contributed by atoms with Gasteiger partial charge in [-0.05, 0) is 25.0 Å². The van der Waals surface area contributed by atoms with E-state index >= 15 is 0 Å². The number of benzene rings is 1. The number of nitrogens with zero attached hydrogens (tertiary/aromatic N) is 2. The van der Waals surface area contributed by atoms with E-state index in [1.165, 1.54) is 18.2 Å². The van der Waals surface area contributed by atoms with Crippen molar-refractivity contribution in [2.45, 2.75) is 39.3 Å². The molecule has 0 atom stereocenters. The Morgan fingerprint density at radius 1 is 1.10 bits per heavy atom. The van der Waals surface area contributed by atoms with Gasteiger partial charge in [-0.15, -0.1) is 0 Å². The van der Waals surface area contributed by atoms with Crippen LogP contribution in [0.2, 0.25) is 0 Å². The van der Waals surface area contributed by atoms with Crippen LogP contribution in [0.25, 0.3) is 10.9 Å².